The van der Waals surface area contributed by atoms with Crippen molar-refractivity contribution in [2.24, 2.45) is 0 Å². The van der Waals surface area contributed by atoms with Crippen molar-refractivity contribution in [2.75, 3.05) is 0 Å². The van der Waals surface area contributed by atoms with E-state index in [1.807, 2.05) is 19.1 Å². The number of pyridine rings is 1. The summed E-state index contributed by atoms with van der Waals surface area (Å²) in [6.45, 7) is 1.99. The van der Waals surface area contributed by atoms with Crippen molar-refractivity contribution in [3.63, 3.8) is 0 Å². The van der Waals surface area contributed by atoms with Gasteiger partial charge in [0.1, 0.15) is 0 Å². The third-order valence-corrected chi connectivity index (χ3v) is 5.57. The van der Waals surface area contributed by atoms with E-state index in [1.165, 1.54) is 24.0 Å². The monoisotopic (exact) mass is 325 g/mol. The molecule has 5 heteroatoms. The molecule has 4 nitrogen and oxygen atoms in total. The standard InChI is InChI=1S/C18H19N3OS/c1-12-6-7-15(19-10-12)11-23(22)18-20-16-8-13-4-2-3-5-14(13)9-17(16)21-18/h6-10H,2-5,11H2,1H3,(H,20,21). The van der Waals surface area contributed by atoms with E-state index in [-0.39, 0.29) is 0 Å². The maximum absolute atomic E-state index is 12.6. The molecule has 0 aliphatic heterocycles. The van der Waals surface area contributed by atoms with Crippen molar-refractivity contribution in [3.05, 3.63) is 52.8 Å². The Bertz CT molecular complexity index is 840. The Morgan fingerprint density at radius 2 is 1.96 bits per heavy atom. The van der Waals surface area contributed by atoms with Crippen LogP contribution in [0.4, 0.5) is 0 Å². The minimum Gasteiger partial charge on any atom is -0.331 e. The average Bonchev–Trinajstić information content (AvgIpc) is 2.97. The molecule has 118 valence electrons. The van der Waals surface area contributed by atoms with Gasteiger partial charge in [0.05, 0.1) is 33.3 Å². The molecule has 2 aromatic heterocycles. The van der Waals surface area contributed by atoms with Crippen LogP contribution in [0.15, 0.2) is 35.6 Å². The summed E-state index contributed by atoms with van der Waals surface area (Å²) < 4.78 is 12.6. The van der Waals surface area contributed by atoms with Crippen molar-refractivity contribution >= 4 is 21.8 Å². The summed E-state index contributed by atoms with van der Waals surface area (Å²) in [7, 11) is -1.20. The van der Waals surface area contributed by atoms with Crippen molar-refractivity contribution in [3.8, 4) is 0 Å². The van der Waals surface area contributed by atoms with Crippen LogP contribution in [0.5, 0.6) is 0 Å². The van der Waals surface area contributed by atoms with Gasteiger partial charge in [0.2, 0.25) is 0 Å². The molecule has 2 heterocycles. The Morgan fingerprint density at radius 3 is 2.70 bits per heavy atom. The largest absolute Gasteiger partial charge is 0.331 e. The maximum atomic E-state index is 12.6. The predicted octanol–water partition coefficient (Wildman–Crippen LogP) is 3.45. The third kappa shape index (κ3) is 2.93. The van der Waals surface area contributed by atoms with Crippen LogP contribution in [-0.2, 0) is 29.4 Å². The average molecular weight is 325 g/mol. The second-order valence-corrected chi connectivity index (χ2v) is 7.57. The number of nitrogens with zero attached hydrogens (tertiary/aromatic N) is 2. The summed E-state index contributed by atoms with van der Waals surface area (Å²) in [5, 5.41) is 0.546. The SMILES string of the molecule is Cc1ccc(CS(=O)c2nc3cc4c(cc3[nH]2)CCCC4)nc1. The van der Waals surface area contributed by atoms with Gasteiger partial charge < -0.3 is 4.98 Å². The van der Waals surface area contributed by atoms with Crippen LogP contribution in [0.25, 0.3) is 11.0 Å². The van der Waals surface area contributed by atoms with Gasteiger partial charge in [-0.3, -0.25) is 9.19 Å². The van der Waals surface area contributed by atoms with E-state index < -0.39 is 10.8 Å². The topological polar surface area (TPSA) is 58.6 Å². The first-order chi connectivity index (χ1) is 11.2. The maximum Gasteiger partial charge on any atom is 0.197 e. The highest BCUT2D eigenvalue weighted by molar-refractivity contribution is 7.84. The van der Waals surface area contributed by atoms with Gasteiger partial charge in [-0.2, -0.15) is 0 Å². The molecule has 4 rings (SSSR count). The van der Waals surface area contributed by atoms with Crippen molar-refractivity contribution in [1.82, 2.24) is 15.0 Å². The Balaban J connectivity index is 1.63. The summed E-state index contributed by atoms with van der Waals surface area (Å²) in [6, 6.07) is 8.26. The molecule has 1 aliphatic carbocycles. The van der Waals surface area contributed by atoms with Crippen LogP contribution in [0.2, 0.25) is 0 Å². The molecule has 23 heavy (non-hydrogen) atoms. The van der Waals surface area contributed by atoms with E-state index in [9.17, 15) is 4.21 Å². The van der Waals surface area contributed by atoms with Gasteiger partial charge >= 0.3 is 0 Å². The summed E-state index contributed by atoms with van der Waals surface area (Å²) in [5.74, 6) is 0.389. The Hall–Kier alpha value is -2.01. The van der Waals surface area contributed by atoms with Crippen molar-refractivity contribution in [1.29, 1.82) is 0 Å². The quantitative estimate of drug-likeness (QED) is 0.802. The lowest BCUT2D eigenvalue weighted by Gasteiger charge is -2.14. The molecule has 1 aliphatic rings. The van der Waals surface area contributed by atoms with Crippen LogP contribution in [0.1, 0.15) is 35.2 Å². The van der Waals surface area contributed by atoms with Crippen LogP contribution in [0.3, 0.4) is 0 Å². The lowest BCUT2D eigenvalue weighted by molar-refractivity contribution is 0.677. The highest BCUT2D eigenvalue weighted by Crippen LogP contribution is 2.26. The molecule has 3 aromatic rings. The molecule has 1 N–H and O–H groups in total. The van der Waals surface area contributed by atoms with Gasteiger partial charge in [0.25, 0.3) is 0 Å². The molecular formula is C18H19N3OS. The summed E-state index contributed by atoms with van der Waals surface area (Å²) in [6.07, 6.45) is 6.57. The van der Waals surface area contributed by atoms with Crippen molar-refractivity contribution in [2.45, 2.75) is 43.5 Å². The Labute approximate surface area is 137 Å². The van der Waals surface area contributed by atoms with Crippen molar-refractivity contribution < 1.29 is 4.21 Å². The number of imidazole rings is 1. The van der Waals surface area contributed by atoms with Crippen LogP contribution >= 0.6 is 0 Å². The fraction of sp³-hybridized carbons (Fsp3) is 0.333. The van der Waals surface area contributed by atoms with Gasteiger partial charge in [0.15, 0.2) is 5.16 Å². The first kappa shape index (κ1) is 14.6. The van der Waals surface area contributed by atoms with Crippen LogP contribution < -0.4 is 0 Å². The fourth-order valence-corrected chi connectivity index (χ4v) is 4.11. The number of aryl methyl sites for hydroxylation is 3. The number of benzene rings is 1. The highest BCUT2D eigenvalue weighted by Gasteiger charge is 2.15. The van der Waals surface area contributed by atoms with E-state index in [2.05, 4.69) is 27.1 Å². The van der Waals surface area contributed by atoms with Crippen LogP contribution in [0, 0.1) is 6.92 Å². The van der Waals surface area contributed by atoms with E-state index in [0.29, 0.717) is 10.9 Å². The number of rotatable bonds is 3. The zero-order valence-corrected chi connectivity index (χ0v) is 13.9. The fourth-order valence-electron chi connectivity index (χ4n) is 3.11. The second kappa shape index (κ2) is 5.89. The predicted molar refractivity (Wildman–Crippen MR) is 91.8 cm³/mol. The van der Waals surface area contributed by atoms with E-state index in [1.54, 1.807) is 6.20 Å². The first-order valence-corrected chi connectivity index (χ1v) is 9.32. The van der Waals surface area contributed by atoms with Gasteiger partial charge in [-0.1, -0.05) is 6.07 Å². The molecule has 1 aromatic carbocycles. The molecule has 1 atom stereocenters. The first-order valence-electron chi connectivity index (χ1n) is 8.00. The third-order valence-electron chi connectivity index (χ3n) is 4.39. The molecule has 0 fully saturated rings. The molecule has 0 saturated heterocycles. The second-order valence-electron chi connectivity index (χ2n) is 6.20. The number of nitrogens with one attached hydrogen (secondary N) is 1. The lowest BCUT2D eigenvalue weighted by Crippen LogP contribution is -2.01. The molecule has 1 unspecified atom stereocenters. The van der Waals surface area contributed by atoms with E-state index in [4.69, 9.17) is 0 Å². The van der Waals surface area contributed by atoms with Gasteiger partial charge in [-0.25, -0.2) is 4.98 Å². The van der Waals surface area contributed by atoms with E-state index >= 15 is 0 Å². The molecule has 0 bridgehead atoms. The minimum absolute atomic E-state index is 0.389. The summed E-state index contributed by atoms with van der Waals surface area (Å²) >= 11 is 0. The lowest BCUT2D eigenvalue weighted by atomic mass is 9.91. The molecule has 0 radical (unpaired) electrons. The van der Waals surface area contributed by atoms with E-state index in [0.717, 1.165) is 35.1 Å². The zero-order chi connectivity index (χ0) is 15.8. The number of hydrogen-bond donors (Lipinski definition) is 1. The number of aromatic nitrogens is 3. The molecule has 0 saturated carbocycles. The number of hydrogen-bond acceptors (Lipinski definition) is 3. The van der Waals surface area contributed by atoms with Crippen LogP contribution in [-0.4, -0.2) is 19.2 Å². The smallest absolute Gasteiger partial charge is 0.197 e. The van der Waals surface area contributed by atoms with Gasteiger partial charge in [0, 0.05) is 6.20 Å². The summed E-state index contributed by atoms with van der Waals surface area (Å²) in [4.78, 5) is 12.1. The summed E-state index contributed by atoms with van der Waals surface area (Å²) in [5.41, 5.74) is 6.65. The highest BCUT2D eigenvalue weighted by atomic mass is 32.2. The number of fused-ring (bicyclic) bond motifs is 2. The van der Waals surface area contributed by atoms with Gasteiger partial charge in [-0.15, -0.1) is 0 Å². The van der Waals surface area contributed by atoms with Gasteiger partial charge in [-0.05, 0) is 67.5 Å². The molecule has 0 spiro atoms. The molecule has 0 amide bonds. The Morgan fingerprint density at radius 1 is 1.17 bits per heavy atom. The normalized spacial score (nSPS) is 15.5. The minimum atomic E-state index is -1.20. The number of H-pyrrole nitrogens is 1. The Kier molecular flexibility index (Phi) is 3.73. The molecular weight excluding hydrogens is 306 g/mol. The number of aromatic amines is 1. The zero-order valence-electron chi connectivity index (χ0n) is 13.1.